The molecule has 1 saturated heterocycles. The van der Waals surface area contributed by atoms with E-state index in [1.165, 1.54) is 4.31 Å². The maximum absolute atomic E-state index is 12.1. The Labute approximate surface area is 107 Å². The molecule has 18 heavy (non-hydrogen) atoms. The average Bonchev–Trinajstić information content (AvgIpc) is 2.74. The Morgan fingerprint density at radius 1 is 1.17 bits per heavy atom. The first-order valence-corrected chi connectivity index (χ1v) is 7.39. The number of amides is 1. The van der Waals surface area contributed by atoms with Gasteiger partial charge in [0, 0.05) is 32.2 Å². The van der Waals surface area contributed by atoms with E-state index in [2.05, 4.69) is 0 Å². The van der Waals surface area contributed by atoms with Gasteiger partial charge >= 0.3 is 0 Å². The monoisotopic (exact) mass is 274 g/mol. The lowest BCUT2D eigenvalue weighted by Crippen LogP contribution is -2.53. The highest BCUT2D eigenvalue weighted by atomic mass is 32.2. The van der Waals surface area contributed by atoms with Gasteiger partial charge in [0.1, 0.15) is 0 Å². The van der Waals surface area contributed by atoms with Gasteiger partial charge in [0.05, 0.1) is 5.92 Å². The third kappa shape index (κ3) is 2.89. The van der Waals surface area contributed by atoms with Crippen LogP contribution in [0.1, 0.15) is 6.42 Å². The third-order valence-electron chi connectivity index (χ3n) is 3.34. The van der Waals surface area contributed by atoms with Crippen LogP contribution in [0.3, 0.4) is 0 Å². The zero-order chi connectivity index (χ0) is 13.3. The van der Waals surface area contributed by atoms with Crippen molar-refractivity contribution in [3.8, 4) is 0 Å². The maximum Gasteiger partial charge on any atom is 0.277 e. The smallest absolute Gasteiger partial charge is 0.277 e. The van der Waals surface area contributed by atoms with Gasteiger partial charge in [-0.15, -0.1) is 0 Å². The average molecular weight is 274 g/mol. The van der Waals surface area contributed by atoms with Crippen LogP contribution in [0.4, 0.5) is 0 Å². The fourth-order valence-electron chi connectivity index (χ4n) is 2.31. The van der Waals surface area contributed by atoms with Crippen molar-refractivity contribution in [2.45, 2.75) is 12.5 Å². The van der Waals surface area contributed by atoms with Gasteiger partial charge in [-0.2, -0.15) is 12.7 Å². The van der Waals surface area contributed by atoms with Crippen molar-refractivity contribution >= 4 is 16.1 Å². The lowest BCUT2D eigenvalue weighted by atomic mass is 10.1. The molecule has 1 aliphatic carbocycles. The molecule has 1 amide bonds. The molecule has 8 heteroatoms. The van der Waals surface area contributed by atoms with Gasteiger partial charge in [-0.05, 0) is 6.42 Å². The molecule has 0 spiro atoms. The van der Waals surface area contributed by atoms with E-state index >= 15 is 0 Å². The number of rotatable bonds is 2. The van der Waals surface area contributed by atoms with E-state index in [-0.39, 0.29) is 31.0 Å². The van der Waals surface area contributed by atoms with E-state index in [4.69, 9.17) is 10.9 Å². The van der Waals surface area contributed by atoms with Crippen LogP contribution in [0.2, 0.25) is 0 Å². The number of carbonyl (C=O) groups is 1. The van der Waals surface area contributed by atoms with E-state index in [0.717, 1.165) is 0 Å². The molecular weight excluding hydrogens is 256 g/mol. The molecule has 1 heterocycles. The molecule has 2 rings (SSSR count). The van der Waals surface area contributed by atoms with Crippen LogP contribution < -0.4 is 10.9 Å². The molecule has 2 unspecified atom stereocenters. The van der Waals surface area contributed by atoms with Crippen LogP contribution in [-0.4, -0.2) is 55.8 Å². The number of hydrogen-bond acceptors (Lipinski definition) is 4. The lowest BCUT2D eigenvalue weighted by Gasteiger charge is -2.34. The Bertz CT molecular complexity index is 454. The Morgan fingerprint density at radius 2 is 1.78 bits per heavy atom. The molecular formula is C10H18N4O3S. The molecule has 7 nitrogen and oxygen atoms in total. The van der Waals surface area contributed by atoms with Crippen molar-refractivity contribution in [1.29, 1.82) is 0 Å². The first kappa shape index (κ1) is 13.5. The van der Waals surface area contributed by atoms with Gasteiger partial charge < -0.3 is 10.6 Å². The fraction of sp³-hybridized carbons (Fsp3) is 0.700. The zero-order valence-corrected chi connectivity index (χ0v) is 10.8. The van der Waals surface area contributed by atoms with E-state index in [1.807, 2.05) is 12.2 Å². The molecule has 0 bridgehead atoms. The second-order valence-electron chi connectivity index (χ2n) is 4.66. The zero-order valence-electron chi connectivity index (χ0n) is 10.0. The SMILES string of the molecule is NC1C=CC(C(=O)N2CCN(S(N)(=O)=O)CC2)C1. The summed E-state index contributed by atoms with van der Waals surface area (Å²) in [5, 5.41) is 5.04. The molecule has 4 N–H and O–H groups in total. The Hall–Kier alpha value is -0.960. The van der Waals surface area contributed by atoms with E-state index in [0.29, 0.717) is 19.5 Å². The van der Waals surface area contributed by atoms with Crippen LogP contribution in [-0.2, 0) is 15.0 Å². The number of piperazine rings is 1. The van der Waals surface area contributed by atoms with E-state index in [9.17, 15) is 13.2 Å². The van der Waals surface area contributed by atoms with Gasteiger partial charge in [0.2, 0.25) is 5.91 Å². The Balaban J connectivity index is 1.90. The van der Waals surface area contributed by atoms with Crippen LogP contribution in [0.25, 0.3) is 0 Å². The number of carbonyl (C=O) groups excluding carboxylic acids is 1. The van der Waals surface area contributed by atoms with Crippen LogP contribution in [0.15, 0.2) is 12.2 Å². The van der Waals surface area contributed by atoms with Gasteiger partial charge in [-0.25, -0.2) is 5.14 Å². The van der Waals surface area contributed by atoms with Crippen molar-refractivity contribution in [2.75, 3.05) is 26.2 Å². The minimum atomic E-state index is -3.64. The van der Waals surface area contributed by atoms with Crippen molar-refractivity contribution in [3.63, 3.8) is 0 Å². The highest BCUT2D eigenvalue weighted by Crippen LogP contribution is 2.20. The van der Waals surface area contributed by atoms with Gasteiger partial charge in [0.25, 0.3) is 10.2 Å². The summed E-state index contributed by atoms with van der Waals surface area (Å²) in [4.78, 5) is 13.8. The Morgan fingerprint density at radius 3 is 2.22 bits per heavy atom. The predicted octanol–water partition coefficient (Wildman–Crippen LogP) is -1.76. The quantitative estimate of drug-likeness (QED) is 0.581. The van der Waals surface area contributed by atoms with Crippen LogP contribution >= 0.6 is 0 Å². The Kier molecular flexibility index (Phi) is 3.71. The maximum atomic E-state index is 12.1. The molecule has 102 valence electrons. The lowest BCUT2D eigenvalue weighted by molar-refractivity contribution is -0.135. The van der Waals surface area contributed by atoms with E-state index in [1.54, 1.807) is 4.90 Å². The first-order chi connectivity index (χ1) is 8.38. The summed E-state index contributed by atoms with van der Waals surface area (Å²) in [7, 11) is -3.64. The minimum absolute atomic E-state index is 0.0215. The van der Waals surface area contributed by atoms with Gasteiger partial charge in [-0.3, -0.25) is 4.79 Å². The third-order valence-corrected chi connectivity index (χ3v) is 4.43. The van der Waals surface area contributed by atoms with Gasteiger partial charge in [0.15, 0.2) is 0 Å². The molecule has 2 atom stereocenters. The minimum Gasteiger partial charge on any atom is -0.340 e. The van der Waals surface area contributed by atoms with Gasteiger partial charge in [-0.1, -0.05) is 12.2 Å². The molecule has 0 aromatic carbocycles. The number of nitrogens with two attached hydrogens (primary N) is 2. The second-order valence-corrected chi connectivity index (χ2v) is 6.21. The predicted molar refractivity (Wildman–Crippen MR) is 66.5 cm³/mol. The summed E-state index contributed by atoms with van der Waals surface area (Å²) in [5.41, 5.74) is 5.71. The normalized spacial score (nSPS) is 29.8. The standard InChI is InChI=1S/C10H18N4O3S/c11-9-2-1-8(7-9)10(15)13-3-5-14(6-4-13)18(12,16)17/h1-2,8-9H,3-7,11H2,(H2,12,16,17). The largest absolute Gasteiger partial charge is 0.340 e. The number of hydrogen-bond donors (Lipinski definition) is 2. The summed E-state index contributed by atoms with van der Waals surface area (Å²) < 4.78 is 23.5. The molecule has 0 aromatic rings. The molecule has 2 aliphatic rings. The van der Waals surface area contributed by atoms with Crippen molar-refractivity contribution in [2.24, 2.45) is 16.8 Å². The summed E-state index contributed by atoms with van der Waals surface area (Å²) in [5.74, 6) is -0.144. The molecule has 0 radical (unpaired) electrons. The first-order valence-electron chi connectivity index (χ1n) is 5.88. The fourth-order valence-corrected chi connectivity index (χ4v) is 2.98. The van der Waals surface area contributed by atoms with Crippen molar-refractivity contribution in [1.82, 2.24) is 9.21 Å². The summed E-state index contributed by atoms with van der Waals surface area (Å²) in [6.07, 6.45) is 4.30. The second kappa shape index (κ2) is 4.96. The summed E-state index contributed by atoms with van der Waals surface area (Å²) in [6, 6.07) is -0.0512. The highest BCUT2D eigenvalue weighted by molar-refractivity contribution is 7.86. The molecule has 0 saturated carbocycles. The molecule has 1 aliphatic heterocycles. The molecule has 0 aromatic heterocycles. The summed E-state index contributed by atoms with van der Waals surface area (Å²) in [6.45, 7) is 1.28. The van der Waals surface area contributed by atoms with E-state index < -0.39 is 10.2 Å². The van der Waals surface area contributed by atoms with Crippen molar-refractivity contribution in [3.05, 3.63) is 12.2 Å². The van der Waals surface area contributed by atoms with Crippen LogP contribution in [0, 0.1) is 5.92 Å². The van der Waals surface area contributed by atoms with Crippen LogP contribution in [0.5, 0.6) is 0 Å². The topological polar surface area (TPSA) is 110 Å². The highest BCUT2D eigenvalue weighted by Gasteiger charge is 2.31. The van der Waals surface area contributed by atoms with Crippen molar-refractivity contribution < 1.29 is 13.2 Å². The number of nitrogens with zero attached hydrogens (tertiary/aromatic N) is 2. The summed E-state index contributed by atoms with van der Waals surface area (Å²) >= 11 is 0. The molecule has 1 fully saturated rings.